The van der Waals surface area contributed by atoms with E-state index in [1.807, 2.05) is 4.90 Å². The van der Waals surface area contributed by atoms with Gasteiger partial charge in [0.25, 0.3) is 0 Å². The van der Waals surface area contributed by atoms with Crippen LogP contribution in [0.15, 0.2) is 53.4 Å². The summed E-state index contributed by atoms with van der Waals surface area (Å²) in [5.41, 5.74) is 0.839. The zero-order valence-electron chi connectivity index (χ0n) is 15.3. The minimum Gasteiger partial charge on any atom is -0.300 e. The third kappa shape index (κ3) is 5.37. The largest absolute Gasteiger partial charge is 0.300 e. The molecule has 1 aliphatic heterocycles. The maximum Gasteiger partial charge on any atom is 0.178 e. The van der Waals surface area contributed by atoms with Crippen LogP contribution in [0.25, 0.3) is 0 Å². The Morgan fingerprint density at radius 2 is 1.54 bits per heavy atom. The summed E-state index contributed by atoms with van der Waals surface area (Å²) in [7, 11) is -3.49. The van der Waals surface area contributed by atoms with Gasteiger partial charge in [0.2, 0.25) is 0 Å². The Morgan fingerprint density at radius 1 is 1.04 bits per heavy atom. The summed E-state index contributed by atoms with van der Waals surface area (Å²) in [5.74, 6) is -0.880. The van der Waals surface area contributed by atoms with E-state index in [0.717, 1.165) is 17.7 Å². The minimum absolute atomic E-state index is 0. The zero-order valence-corrected chi connectivity index (χ0v) is 17.0. The summed E-state index contributed by atoms with van der Waals surface area (Å²) < 4.78 is 51.1. The number of ketones is 1. The molecule has 1 fully saturated rings. The van der Waals surface area contributed by atoms with Crippen LogP contribution in [0, 0.1) is 17.6 Å². The number of nitrogens with zero attached hydrogens (tertiary/aromatic N) is 1. The van der Waals surface area contributed by atoms with E-state index in [4.69, 9.17) is 0 Å². The molecule has 1 heterocycles. The molecule has 0 aromatic heterocycles. The molecule has 0 spiro atoms. The zero-order chi connectivity index (χ0) is 19.6. The number of sulfone groups is 1. The van der Waals surface area contributed by atoms with Crippen LogP contribution in [0.2, 0.25) is 0 Å². The summed E-state index contributed by atoms with van der Waals surface area (Å²) >= 11 is 0. The van der Waals surface area contributed by atoms with E-state index in [1.54, 1.807) is 12.1 Å². The number of hydrogen-bond acceptors (Lipinski definition) is 4. The third-order valence-corrected chi connectivity index (χ3v) is 6.69. The molecule has 1 atom stereocenters. The van der Waals surface area contributed by atoms with Crippen LogP contribution in [0.1, 0.15) is 24.9 Å². The molecule has 152 valence electrons. The highest BCUT2D eigenvalue weighted by Crippen LogP contribution is 2.33. The second kappa shape index (κ2) is 9.11. The number of Topliss-reactive ketones (excluding diaryl/α,β-unsaturated/α-hetero) is 1. The fourth-order valence-corrected chi connectivity index (χ4v) is 5.01. The Bertz CT molecular complexity index is 911. The Balaban J connectivity index is 0.00000280. The first-order chi connectivity index (χ1) is 12.7. The van der Waals surface area contributed by atoms with Gasteiger partial charge in [0.05, 0.1) is 10.6 Å². The normalized spacial score (nSPS) is 16.1. The topological polar surface area (TPSA) is 54.5 Å². The summed E-state index contributed by atoms with van der Waals surface area (Å²) in [6.45, 7) is 2.58. The standard InChI is InChI=1S/C20H21F2NO3S.ClH/c1-14(24)10-20(16-2-4-17(21)5-3-16)23-11-15(12-23)13-27(25,26)19-8-6-18(22)7-9-19;/h2-9,15,20H,10-13H2,1H3;1H. The van der Waals surface area contributed by atoms with E-state index >= 15 is 0 Å². The second-order valence-corrected chi connectivity index (χ2v) is 9.06. The lowest BCUT2D eigenvalue weighted by molar-refractivity contribution is -0.119. The molecular weight excluding hydrogens is 408 g/mol. The summed E-state index contributed by atoms with van der Waals surface area (Å²) in [5, 5.41) is 0. The third-order valence-electron chi connectivity index (χ3n) is 4.79. The van der Waals surface area contributed by atoms with Crippen LogP contribution < -0.4 is 0 Å². The van der Waals surface area contributed by atoms with Crippen molar-refractivity contribution in [3.63, 3.8) is 0 Å². The predicted molar refractivity (Wildman–Crippen MR) is 105 cm³/mol. The van der Waals surface area contributed by atoms with Crippen LogP contribution in [0.5, 0.6) is 0 Å². The molecule has 0 N–H and O–H groups in total. The smallest absolute Gasteiger partial charge is 0.178 e. The molecule has 28 heavy (non-hydrogen) atoms. The lowest BCUT2D eigenvalue weighted by atomic mass is 9.93. The van der Waals surface area contributed by atoms with Gasteiger partial charge in [-0.15, -0.1) is 12.4 Å². The van der Waals surface area contributed by atoms with Crippen LogP contribution in [0.3, 0.4) is 0 Å². The van der Waals surface area contributed by atoms with Crippen molar-refractivity contribution in [1.29, 1.82) is 0 Å². The molecule has 1 unspecified atom stereocenters. The first-order valence-corrected chi connectivity index (χ1v) is 10.4. The van der Waals surface area contributed by atoms with Gasteiger partial charge in [-0.25, -0.2) is 17.2 Å². The van der Waals surface area contributed by atoms with Gasteiger partial charge in [0.1, 0.15) is 17.4 Å². The fourth-order valence-electron chi connectivity index (χ4n) is 3.43. The Hall–Kier alpha value is -1.83. The Labute approximate surface area is 169 Å². The Morgan fingerprint density at radius 3 is 2.04 bits per heavy atom. The number of rotatable bonds is 7. The van der Waals surface area contributed by atoms with Gasteiger partial charge in [-0.05, 0) is 54.8 Å². The fraction of sp³-hybridized carbons (Fsp3) is 0.350. The lowest BCUT2D eigenvalue weighted by Gasteiger charge is -2.44. The molecular formula is C20H22ClF2NO3S. The molecule has 0 radical (unpaired) electrons. The van der Waals surface area contributed by atoms with E-state index < -0.39 is 15.7 Å². The predicted octanol–water partition coefficient (Wildman–Crippen LogP) is 3.81. The molecule has 3 rings (SSSR count). The average molecular weight is 430 g/mol. The van der Waals surface area contributed by atoms with Crippen molar-refractivity contribution >= 4 is 28.0 Å². The SMILES string of the molecule is CC(=O)CC(c1ccc(F)cc1)N1CC(CS(=O)(=O)c2ccc(F)cc2)C1.Cl. The van der Waals surface area contributed by atoms with E-state index in [2.05, 4.69) is 0 Å². The molecule has 1 aliphatic rings. The number of halogens is 3. The van der Waals surface area contributed by atoms with Crippen molar-refractivity contribution in [1.82, 2.24) is 4.90 Å². The van der Waals surface area contributed by atoms with Gasteiger partial charge in [-0.3, -0.25) is 9.69 Å². The second-order valence-electron chi connectivity index (χ2n) is 7.03. The van der Waals surface area contributed by atoms with Gasteiger partial charge < -0.3 is 0 Å². The molecule has 8 heteroatoms. The molecule has 2 aromatic rings. The number of benzene rings is 2. The maximum absolute atomic E-state index is 13.2. The number of carbonyl (C=O) groups excluding carboxylic acids is 1. The molecule has 0 saturated carbocycles. The van der Waals surface area contributed by atoms with Crippen molar-refractivity contribution in [2.24, 2.45) is 5.92 Å². The van der Waals surface area contributed by atoms with Crippen molar-refractivity contribution < 1.29 is 22.0 Å². The van der Waals surface area contributed by atoms with Crippen LogP contribution in [-0.2, 0) is 14.6 Å². The molecule has 0 amide bonds. The van der Waals surface area contributed by atoms with Gasteiger partial charge in [0.15, 0.2) is 9.84 Å². The highest BCUT2D eigenvalue weighted by molar-refractivity contribution is 7.91. The number of hydrogen-bond donors (Lipinski definition) is 0. The summed E-state index contributed by atoms with van der Waals surface area (Å²) in [6, 6.07) is 10.7. The van der Waals surface area contributed by atoms with Crippen LogP contribution >= 0.6 is 12.4 Å². The quantitative estimate of drug-likeness (QED) is 0.628. The molecule has 0 bridgehead atoms. The van der Waals surface area contributed by atoms with Gasteiger partial charge in [-0.2, -0.15) is 0 Å². The monoisotopic (exact) mass is 429 g/mol. The first kappa shape index (κ1) is 22.5. The van der Waals surface area contributed by atoms with E-state index in [0.29, 0.717) is 19.5 Å². The van der Waals surface area contributed by atoms with Crippen molar-refractivity contribution in [2.45, 2.75) is 24.3 Å². The average Bonchev–Trinajstić information content (AvgIpc) is 2.57. The molecule has 1 saturated heterocycles. The van der Waals surface area contributed by atoms with E-state index in [-0.39, 0.29) is 46.6 Å². The first-order valence-electron chi connectivity index (χ1n) is 8.72. The van der Waals surface area contributed by atoms with Crippen molar-refractivity contribution in [3.8, 4) is 0 Å². The van der Waals surface area contributed by atoms with Gasteiger partial charge >= 0.3 is 0 Å². The van der Waals surface area contributed by atoms with Crippen LogP contribution in [-0.4, -0.2) is 37.9 Å². The highest BCUT2D eigenvalue weighted by atomic mass is 35.5. The molecule has 4 nitrogen and oxygen atoms in total. The molecule has 2 aromatic carbocycles. The number of carbonyl (C=O) groups is 1. The maximum atomic E-state index is 13.2. The van der Waals surface area contributed by atoms with E-state index in [9.17, 15) is 22.0 Å². The van der Waals surface area contributed by atoms with Crippen molar-refractivity contribution in [3.05, 3.63) is 65.7 Å². The van der Waals surface area contributed by atoms with Crippen molar-refractivity contribution in [2.75, 3.05) is 18.8 Å². The minimum atomic E-state index is -3.49. The Kier molecular flexibility index (Phi) is 7.31. The van der Waals surface area contributed by atoms with Gasteiger partial charge in [-0.1, -0.05) is 12.1 Å². The lowest BCUT2D eigenvalue weighted by Crippen LogP contribution is -2.51. The van der Waals surface area contributed by atoms with Gasteiger partial charge in [0, 0.05) is 25.6 Å². The summed E-state index contributed by atoms with van der Waals surface area (Å²) in [6.07, 6.45) is 0.295. The number of likely N-dealkylation sites (tertiary alicyclic amines) is 1. The highest BCUT2D eigenvalue weighted by Gasteiger charge is 2.36. The summed E-state index contributed by atoms with van der Waals surface area (Å²) in [4.78, 5) is 13.8. The van der Waals surface area contributed by atoms with E-state index in [1.165, 1.54) is 31.2 Å². The van der Waals surface area contributed by atoms with Crippen LogP contribution in [0.4, 0.5) is 8.78 Å². The molecule has 0 aliphatic carbocycles.